The van der Waals surface area contributed by atoms with E-state index in [4.69, 9.17) is 5.73 Å². The number of aryl methyl sites for hydroxylation is 1. The maximum atomic E-state index is 12.7. The van der Waals surface area contributed by atoms with Gasteiger partial charge in [-0.15, -0.1) is 0 Å². The summed E-state index contributed by atoms with van der Waals surface area (Å²) in [5.41, 5.74) is 8.53. The second-order valence-corrected chi connectivity index (χ2v) is 4.98. The van der Waals surface area contributed by atoms with Crippen molar-refractivity contribution < 1.29 is 4.79 Å². The van der Waals surface area contributed by atoms with E-state index in [1.54, 1.807) is 18.3 Å². The highest BCUT2D eigenvalue weighted by Gasteiger charge is 2.23. The van der Waals surface area contributed by atoms with Crippen molar-refractivity contribution in [3.05, 3.63) is 53.7 Å². The molecular weight excluding hydrogens is 250 g/mol. The number of nitrogens with zero attached hydrogens (tertiary/aromatic N) is 2. The maximum absolute atomic E-state index is 12.7. The van der Waals surface area contributed by atoms with Crippen molar-refractivity contribution in [1.29, 1.82) is 0 Å². The van der Waals surface area contributed by atoms with Crippen LogP contribution in [0.25, 0.3) is 0 Å². The first-order valence-corrected chi connectivity index (χ1v) is 6.87. The summed E-state index contributed by atoms with van der Waals surface area (Å²) in [4.78, 5) is 18.6. The first-order valence-electron chi connectivity index (χ1n) is 6.87. The molecule has 0 saturated heterocycles. The lowest BCUT2D eigenvalue weighted by molar-refractivity contribution is 0.0987. The van der Waals surface area contributed by atoms with Crippen LogP contribution in [0, 0.1) is 0 Å². The van der Waals surface area contributed by atoms with Gasteiger partial charge in [0.15, 0.2) is 0 Å². The van der Waals surface area contributed by atoms with E-state index in [-0.39, 0.29) is 5.91 Å². The number of para-hydroxylation sites is 1. The van der Waals surface area contributed by atoms with Crippen LogP contribution in [0.3, 0.4) is 0 Å². The summed E-state index contributed by atoms with van der Waals surface area (Å²) >= 11 is 0. The van der Waals surface area contributed by atoms with E-state index in [0.717, 1.165) is 31.5 Å². The van der Waals surface area contributed by atoms with Crippen LogP contribution in [0.4, 0.5) is 11.5 Å². The minimum atomic E-state index is -0.0649. The average molecular weight is 267 g/mol. The van der Waals surface area contributed by atoms with Gasteiger partial charge in [0.05, 0.1) is 5.56 Å². The van der Waals surface area contributed by atoms with Crippen LogP contribution in [0.5, 0.6) is 0 Å². The van der Waals surface area contributed by atoms with Crippen LogP contribution < -0.4 is 10.6 Å². The molecule has 0 radical (unpaired) electrons. The van der Waals surface area contributed by atoms with Crippen LogP contribution in [0.15, 0.2) is 42.6 Å². The number of anilines is 2. The largest absolute Gasteiger partial charge is 0.383 e. The van der Waals surface area contributed by atoms with Gasteiger partial charge in [0.2, 0.25) is 0 Å². The third kappa shape index (κ3) is 2.25. The zero-order valence-corrected chi connectivity index (χ0v) is 11.2. The number of hydrogen-bond acceptors (Lipinski definition) is 3. The van der Waals surface area contributed by atoms with Gasteiger partial charge in [0.1, 0.15) is 5.82 Å². The van der Waals surface area contributed by atoms with E-state index >= 15 is 0 Å². The second kappa shape index (κ2) is 5.33. The number of nitrogens with two attached hydrogens (primary N) is 1. The van der Waals surface area contributed by atoms with E-state index in [1.807, 2.05) is 23.1 Å². The summed E-state index contributed by atoms with van der Waals surface area (Å²) in [6.45, 7) is 0.726. The van der Waals surface area contributed by atoms with Crippen LogP contribution in [-0.2, 0) is 6.42 Å². The van der Waals surface area contributed by atoms with Crippen molar-refractivity contribution >= 4 is 17.4 Å². The molecule has 2 aromatic rings. The van der Waals surface area contributed by atoms with E-state index in [1.165, 1.54) is 5.56 Å². The number of aromatic nitrogens is 1. The fraction of sp³-hybridized carbons (Fsp3) is 0.250. The summed E-state index contributed by atoms with van der Waals surface area (Å²) in [7, 11) is 0. The third-order valence-corrected chi connectivity index (χ3v) is 3.67. The zero-order valence-electron chi connectivity index (χ0n) is 11.2. The Morgan fingerprint density at radius 3 is 2.85 bits per heavy atom. The molecule has 3 rings (SSSR count). The maximum Gasteiger partial charge on any atom is 0.262 e. The molecule has 4 nitrogen and oxygen atoms in total. The smallest absolute Gasteiger partial charge is 0.262 e. The number of carbonyl (C=O) groups excluding carboxylic acids is 1. The second-order valence-electron chi connectivity index (χ2n) is 4.98. The van der Waals surface area contributed by atoms with E-state index in [9.17, 15) is 4.79 Å². The number of nitrogen functional groups attached to an aromatic ring is 1. The molecule has 0 aliphatic carbocycles. The summed E-state index contributed by atoms with van der Waals surface area (Å²) in [5.74, 6) is 0.226. The van der Waals surface area contributed by atoms with Crippen molar-refractivity contribution in [3.8, 4) is 0 Å². The molecule has 0 atom stereocenters. The number of fused-ring (bicyclic) bond motifs is 1. The van der Waals surface area contributed by atoms with Crippen LogP contribution in [0.2, 0.25) is 0 Å². The lowest BCUT2D eigenvalue weighted by Crippen LogP contribution is -2.32. The van der Waals surface area contributed by atoms with E-state index in [2.05, 4.69) is 11.1 Å². The molecular formula is C16H17N3O. The van der Waals surface area contributed by atoms with Crippen LogP contribution >= 0.6 is 0 Å². The topological polar surface area (TPSA) is 59.2 Å². The standard InChI is InChI=1S/C16H17N3O/c17-15-13(8-5-10-18-15)16(20)19-11-4-3-7-12-6-1-2-9-14(12)19/h1-2,5-6,8-10H,3-4,7,11H2,(H2,17,18). The van der Waals surface area contributed by atoms with Gasteiger partial charge in [-0.05, 0) is 43.0 Å². The molecule has 0 unspecified atom stereocenters. The van der Waals surface area contributed by atoms with Crippen molar-refractivity contribution in [2.75, 3.05) is 17.2 Å². The monoisotopic (exact) mass is 267 g/mol. The zero-order chi connectivity index (χ0) is 13.9. The Morgan fingerprint density at radius 1 is 1.15 bits per heavy atom. The highest BCUT2D eigenvalue weighted by Crippen LogP contribution is 2.28. The Balaban J connectivity index is 2.02. The predicted octanol–water partition coefficient (Wildman–Crippen LogP) is 2.65. The van der Waals surface area contributed by atoms with E-state index in [0.29, 0.717) is 11.4 Å². The summed E-state index contributed by atoms with van der Waals surface area (Å²) in [6.07, 6.45) is 4.72. The fourth-order valence-corrected chi connectivity index (χ4v) is 2.65. The molecule has 2 heterocycles. The fourth-order valence-electron chi connectivity index (χ4n) is 2.65. The number of rotatable bonds is 1. The molecule has 0 fully saturated rings. The highest BCUT2D eigenvalue weighted by atomic mass is 16.2. The van der Waals surface area contributed by atoms with E-state index < -0.39 is 0 Å². The lowest BCUT2D eigenvalue weighted by Gasteiger charge is -2.23. The Labute approximate surface area is 118 Å². The molecule has 0 spiro atoms. The van der Waals surface area contributed by atoms with Crippen molar-refractivity contribution in [1.82, 2.24) is 4.98 Å². The number of hydrogen-bond donors (Lipinski definition) is 1. The summed E-state index contributed by atoms with van der Waals surface area (Å²) in [6, 6.07) is 11.6. The Bertz CT molecular complexity index is 639. The molecule has 2 N–H and O–H groups in total. The SMILES string of the molecule is Nc1ncccc1C(=O)N1CCCCc2ccccc21. The Morgan fingerprint density at radius 2 is 2.00 bits per heavy atom. The van der Waals surface area contributed by atoms with Gasteiger partial charge in [-0.3, -0.25) is 4.79 Å². The van der Waals surface area contributed by atoms with Crippen molar-refractivity contribution in [3.63, 3.8) is 0 Å². The normalized spacial score (nSPS) is 14.5. The quantitative estimate of drug-likeness (QED) is 0.864. The first kappa shape index (κ1) is 12.7. The highest BCUT2D eigenvalue weighted by molar-refractivity contribution is 6.09. The minimum Gasteiger partial charge on any atom is -0.383 e. The number of carbonyl (C=O) groups is 1. The van der Waals surface area contributed by atoms with Gasteiger partial charge in [0.25, 0.3) is 5.91 Å². The number of pyridine rings is 1. The van der Waals surface area contributed by atoms with Crippen molar-refractivity contribution in [2.45, 2.75) is 19.3 Å². The number of amides is 1. The van der Waals surface area contributed by atoms with Gasteiger partial charge in [-0.2, -0.15) is 0 Å². The van der Waals surface area contributed by atoms with Gasteiger partial charge >= 0.3 is 0 Å². The summed E-state index contributed by atoms with van der Waals surface area (Å²) in [5, 5.41) is 0. The van der Waals surface area contributed by atoms with Crippen molar-refractivity contribution in [2.24, 2.45) is 0 Å². The predicted molar refractivity (Wildman–Crippen MR) is 79.7 cm³/mol. The molecule has 20 heavy (non-hydrogen) atoms. The molecule has 1 aromatic heterocycles. The molecule has 0 saturated carbocycles. The third-order valence-electron chi connectivity index (χ3n) is 3.67. The summed E-state index contributed by atoms with van der Waals surface area (Å²) < 4.78 is 0. The molecule has 0 bridgehead atoms. The van der Waals surface area contributed by atoms with Gasteiger partial charge < -0.3 is 10.6 Å². The molecule has 1 aliphatic rings. The minimum absolute atomic E-state index is 0.0649. The molecule has 4 heteroatoms. The first-order chi connectivity index (χ1) is 9.77. The van der Waals surface area contributed by atoms with Gasteiger partial charge in [-0.1, -0.05) is 18.2 Å². The Hall–Kier alpha value is -2.36. The molecule has 1 amide bonds. The molecule has 102 valence electrons. The van der Waals surface area contributed by atoms with Crippen LogP contribution in [-0.4, -0.2) is 17.4 Å². The van der Waals surface area contributed by atoms with Crippen LogP contribution in [0.1, 0.15) is 28.8 Å². The Kier molecular flexibility index (Phi) is 3.37. The van der Waals surface area contributed by atoms with Gasteiger partial charge in [-0.25, -0.2) is 4.98 Å². The lowest BCUT2D eigenvalue weighted by atomic mass is 10.1. The molecule has 1 aliphatic heterocycles. The average Bonchev–Trinajstić information content (AvgIpc) is 2.69. The molecule has 1 aromatic carbocycles. The van der Waals surface area contributed by atoms with Gasteiger partial charge in [0, 0.05) is 18.4 Å². The number of benzene rings is 1.